The molecule has 1 heterocycles. The normalized spacial score (nSPS) is 28.1. The molecular formula is C35H47N3O4. The minimum atomic E-state index is -0.386. The van der Waals surface area contributed by atoms with Crippen molar-refractivity contribution in [3.8, 4) is 5.75 Å². The lowest BCUT2D eigenvalue weighted by Gasteiger charge is -2.62. The summed E-state index contributed by atoms with van der Waals surface area (Å²) in [5.74, 6) is 1.74. The number of nitrogens with zero attached hydrogens (tertiary/aromatic N) is 1. The van der Waals surface area contributed by atoms with Gasteiger partial charge >= 0.3 is 5.97 Å². The average molecular weight is 574 g/mol. The van der Waals surface area contributed by atoms with E-state index in [0.29, 0.717) is 29.0 Å². The topological polar surface area (TPSA) is 79.9 Å². The fourth-order valence-corrected chi connectivity index (χ4v) is 8.85. The van der Waals surface area contributed by atoms with E-state index < -0.39 is 0 Å². The molecule has 2 N–H and O–H groups in total. The van der Waals surface area contributed by atoms with Crippen LogP contribution in [0.5, 0.6) is 5.75 Å². The zero-order valence-electron chi connectivity index (χ0n) is 25.2. The first-order valence-corrected chi connectivity index (χ1v) is 16.2. The van der Waals surface area contributed by atoms with Gasteiger partial charge in [0, 0.05) is 25.3 Å². The second kappa shape index (κ2) is 12.8. The predicted molar refractivity (Wildman–Crippen MR) is 165 cm³/mol. The second-order valence-electron chi connectivity index (χ2n) is 13.5. The van der Waals surface area contributed by atoms with E-state index in [4.69, 9.17) is 9.47 Å². The Morgan fingerprint density at radius 1 is 1.00 bits per heavy atom. The highest BCUT2D eigenvalue weighted by molar-refractivity contribution is 5.95. The summed E-state index contributed by atoms with van der Waals surface area (Å²) in [7, 11) is 0. The molecule has 226 valence electrons. The van der Waals surface area contributed by atoms with E-state index in [0.717, 1.165) is 31.3 Å². The first kappa shape index (κ1) is 29.2. The first-order valence-electron chi connectivity index (χ1n) is 16.2. The smallest absolute Gasteiger partial charge is 0.338 e. The van der Waals surface area contributed by atoms with Crippen LogP contribution in [0.3, 0.4) is 0 Å². The Kier molecular flexibility index (Phi) is 8.87. The maximum atomic E-state index is 12.6. The van der Waals surface area contributed by atoms with E-state index in [1.54, 1.807) is 24.3 Å². The molecule has 0 radical (unpaired) electrons. The number of hydrogen-bond acceptors (Lipinski definition) is 6. The lowest BCUT2D eigenvalue weighted by Crippen LogP contribution is -2.57. The molecular weight excluding hydrogens is 526 g/mol. The molecule has 7 heteroatoms. The highest BCUT2D eigenvalue weighted by atomic mass is 16.5. The van der Waals surface area contributed by atoms with E-state index in [1.807, 2.05) is 19.1 Å². The van der Waals surface area contributed by atoms with Crippen LogP contribution in [0.25, 0.3) is 0 Å². The molecule has 2 unspecified atom stereocenters. The zero-order valence-corrected chi connectivity index (χ0v) is 25.2. The number of carbonyl (C=O) groups excluding carboxylic acids is 2. The van der Waals surface area contributed by atoms with Crippen LogP contribution < -0.4 is 15.4 Å². The van der Waals surface area contributed by atoms with Crippen molar-refractivity contribution in [2.45, 2.75) is 70.1 Å². The molecule has 5 aliphatic rings. The number of esters is 1. The van der Waals surface area contributed by atoms with Crippen LogP contribution in [-0.2, 0) is 14.9 Å². The van der Waals surface area contributed by atoms with Crippen LogP contribution in [0, 0.1) is 17.3 Å². The summed E-state index contributed by atoms with van der Waals surface area (Å²) in [6.07, 6.45) is 11.6. The van der Waals surface area contributed by atoms with E-state index in [1.165, 1.54) is 76.6 Å². The van der Waals surface area contributed by atoms with Crippen molar-refractivity contribution < 1.29 is 19.1 Å². The quantitative estimate of drug-likeness (QED) is 0.233. The number of nitrogens with one attached hydrogen (secondary N) is 2. The molecule has 0 aromatic heterocycles. The van der Waals surface area contributed by atoms with Crippen LogP contribution in [0.4, 0.5) is 5.69 Å². The Hall–Kier alpha value is -2.90. The van der Waals surface area contributed by atoms with Gasteiger partial charge in [-0.2, -0.15) is 0 Å². The van der Waals surface area contributed by atoms with Crippen LogP contribution >= 0.6 is 0 Å². The lowest BCUT2D eigenvalue weighted by molar-refractivity contribution is -0.118. The van der Waals surface area contributed by atoms with Gasteiger partial charge in [0.15, 0.2) is 6.61 Å². The van der Waals surface area contributed by atoms with E-state index in [-0.39, 0.29) is 23.9 Å². The summed E-state index contributed by atoms with van der Waals surface area (Å²) >= 11 is 0. The van der Waals surface area contributed by atoms with Gasteiger partial charge < -0.3 is 25.0 Å². The Morgan fingerprint density at radius 3 is 2.50 bits per heavy atom. The number of likely N-dealkylation sites (tertiary alicyclic amines) is 1. The monoisotopic (exact) mass is 573 g/mol. The number of benzene rings is 2. The molecule has 2 aromatic rings. The van der Waals surface area contributed by atoms with Gasteiger partial charge in [-0.25, -0.2) is 4.79 Å². The van der Waals surface area contributed by atoms with Crippen LogP contribution in [0.2, 0.25) is 0 Å². The standard InChI is InChI=1S/C35H47N3O4/c1-2-16-41-33(40)28-6-5-7-30(18-28)37-32(39)23-42-31-10-8-29(9-11-31)35-21-26-17-27(22-35)20-34(19-26,24-35)25-36-12-15-38-13-3-4-14-38/h5-11,18,26-27,36H,2-4,12-17,19-25H2,1H3,(H,37,39). The summed E-state index contributed by atoms with van der Waals surface area (Å²) in [6.45, 7) is 8.24. The fourth-order valence-electron chi connectivity index (χ4n) is 8.85. The van der Waals surface area contributed by atoms with Crippen molar-refractivity contribution in [1.29, 1.82) is 0 Å². The molecule has 1 amide bonds. The van der Waals surface area contributed by atoms with Crippen LogP contribution in [0.15, 0.2) is 48.5 Å². The molecule has 2 atom stereocenters. The molecule has 0 spiro atoms. The molecule has 4 saturated carbocycles. The van der Waals surface area contributed by atoms with Gasteiger partial charge in [-0.05, 0) is 129 Å². The summed E-state index contributed by atoms with van der Waals surface area (Å²) < 4.78 is 11.0. The Labute approximate surface area is 250 Å². The van der Waals surface area contributed by atoms with Gasteiger partial charge in [0.2, 0.25) is 0 Å². The van der Waals surface area contributed by atoms with Crippen molar-refractivity contribution >= 4 is 17.6 Å². The van der Waals surface area contributed by atoms with Gasteiger partial charge in [-0.15, -0.1) is 0 Å². The van der Waals surface area contributed by atoms with Gasteiger partial charge in [-0.3, -0.25) is 4.79 Å². The van der Waals surface area contributed by atoms with Crippen molar-refractivity contribution in [3.05, 3.63) is 59.7 Å². The van der Waals surface area contributed by atoms with Gasteiger partial charge in [0.05, 0.1) is 12.2 Å². The predicted octanol–water partition coefficient (Wildman–Crippen LogP) is 5.79. The minimum Gasteiger partial charge on any atom is -0.484 e. The molecule has 5 fully saturated rings. The number of hydrogen-bond donors (Lipinski definition) is 2. The SMILES string of the molecule is CCCOC(=O)c1cccc(NC(=O)COc2ccc(C34CC5CC(CC(CNCCN6CCCC6)(C5)C3)C4)cc2)c1. The molecule has 4 aliphatic carbocycles. The third-order valence-corrected chi connectivity index (χ3v) is 10.1. The molecule has 1 aliphatic heterocycles. The number of anilines is 1. The lowest BCUT2D eigenvalue weighted by atomic mass is 9.43. The maximum absolute atomic E-state index is 12.6. The third kappa shape index (κ3) is 6.68. The van der Waals surface area contributed by atoms with Crippen molar-refractivity contribution in [2.75, 3.05) is 51.3 Å². The minimum absolute atomic E-state index is 0.0919. The van der Waals surface area contributed by atoms with Crippen molar-refractivity contribution in [3.63, 3.8) is 0 Å². The number of carbonyl (C=O) groups is 2. The zero-order chi connectivity index (χ0) is 29.0. The second-order valence-corrected chi connectivity index (χ2v) is 13.5. The molecule has 7 rings (SSSR count). The average Bonchev–Trinajstić information content (AvgIpc) is 3.50. The molecule has 1 saturated heterocycles. The number of ether oxygens (including phenoxy) is 2. The van der Waals surface area contributed by atoms with Gasteiger partial charge in [0.25, 0.3) is 5.91 Å². The van der Waals surface area contributed by atoms with Crippen molar-refractivity contribution in [1.82, 2.24) is 10.2 Å². The van der Waals surface area contributed by atoms with E-state index in [2.05, 4.69) is 27.7 Å². The van der Waals surface area contributed by atoms with E-state index in [9.17, 15) is 9.59 Å². The number of amides is 1. The molecule has 42 heavy (non-hydrogen) atoms. The molecule has 2 aromatic carbocycles. The summed E-state index contributed by atoms with van der Waals surface area (Å²) in [5, 5.41) is 6.71. The molecule has 4 bridgehead atoms. The number of rotatable bonds is 13. The Bertz CT molecular complexity index is 1230. The summed E-state index contributed by atoms with van der Waals surface area (Å²) in [5.41, 5.74) is 3.13. The van der Waals surface area contributed by atoms with Crippen LogP contribution in [-0.4, -0.2) is 62.7 Å². The highest BCUT2D eigenvalue weighted by Gasteiger charge is 2.57. The summed E-state index contributed by atoms with van der Waals surface area (Å²) in [4.78, 5) is 27.3. The molecule has 7 nitrogen and oxygen atoms in total. The van der Waals surface area contributed by atoms with Crippen LogP contribution in [0.1, 0.15) is 80.6 Å². The first-order chi connectivity index (χ1) is 20.4. The van der Waals surface area contributed by atoms with E-state index >= 15 is 0 Å². The highest BCUT2D eigenvalue weighted by Crippen LogP contribution is 2.65. The Morgan fingerprint density at radius 2 is 1.76 bits per heavy atom. The van der Waals surface area contributed by atoms with Crippen molar-refractivity contribution in [2.24, 2.45) is 17.3 Å². The summed E-state index contributed by atoms with van der Waals surface area (Å²) in [6, 6.07) is 15.4. The Balaban J connectivity index is 1.02. The van der Waals surface area contributed by atoms with Gasteiger partial charge in [0.1, 0.15) is 5.75 Å². The fraction of sp³-hybridized carbons (Fsp3) is 0.600. The maximum Gasteiger partial charge on any atom is 0.338 e. The van der Waals surface area contributed by atoms with Gasteiger partial charge in [-0.1, -0.05) is 25.1 Å². The third-order valence-electron chi connectivity index (χ3n) is 10.1. The largest absolute Gasteiger partial charge is 0.484 e.